The minimum atomic E-state index is -1.99. The summed E-state index contributed by atoms with van der Waals surface area (Å²) in [6.07, 6.45) is -1.83. The number of amidine groups is 1. The molecule has 1 aromatic rings. The number of aliphatic imine (C=N–C) groups is 1. The molecule has 9 nitrogen and oxygen atoms in total. The van der Waals surface area contributed by atoms with Gasteiger partial charge in [-0.3, -0.25) is 0 Å². The highest BCUT2D eigenvalue weighted by Gasteiger charge is 2.60. The van der Waals surface area contributed by atoms with E-state index in [9.17, 15) is 14.4 Å². The topological polar surface area (TPSA) is 97.7 Å². The zero-order valence-electron chi connectivity index (χ0n) is 18.7. The fourth-order valence-corrected chi connectivity index (χ4v) is 2.91. The Morgan fingerprint density at radius 1 is 0.900 bits per heavy atom. The van der Waals surface area contributed by atoms with Crippen molar-refractivity contribution in [1.82, 2.24) is 10.0 Å². The number of amides is 2. The van der Waals surface area contributed by atoms with E-state index in [2.05, 4.69) is 4.99 Å². The van der Waals surface area contributed by atoms with Crippen molar-refractivity contribution < 1.29 is 28.6 Å². The van der Waals surface area contributed by atoms with Crippen LogP contribution in [0.25, 0.3) is 0 Å². The van der Waals surface area contributed by atoms with Crippen LogP contribution in [0, 0.1) is 0 Å². The molecule has 1 heterocycles. The second-order valence-electron chi connectivity index (χ2n) is 8.77. The normalized spacial score (nSPS) is 19.3. The Bertz CT molecular complexity index is 854. The van der Waals surface area contributed by atoms with Crippen molar-refractivity contribution in [3.8, 4) is 0 Å². The summed E-state index contributed by atoms with van der Waals surface area (Å²) in [6, 6.07) is 8.36. The van der Waals surface area contributed by atoms with Crippen molar-refractivity contribution in [2.24, 2.45) is 4.99 Å². The first-order valence-corrected chi connectivity index (χ1v) is 9.49. The molecule has 0 radical (unpaired) electrons. The zero-order valence-corrected chi connectivity index (χ0v) is 18.7. The molecule has 0 spiro atoms. The molecule has 1 atom stereocenters. The molecule has 1 aliphatic heterocycles. The molecule has 0 aromatic heterocycles. The molecule has 0 fully saturated rings. The first-order chi connectivity index (χ1) is 13.7. The minimum Gasteiger partial charge on any atom is -0.465 e. The van der Waals surface area contributed by atoms with Crippen LogP contribution in [0.15, 0.2) is 35.3 Å². The first kappa shape index (κ1) is 23.2. The molecule has 0 bridgehead atoms. The van der Waals surface area contributed by atoms with Crippen LogP contribution < -0.4 is 0 Å². The van der Waals surface area contributed by atoms with Gasteiger partial charge in [0.05, 0.1) is 7.11 Å². The number of benzene rings is 1. The van der Waals surface area contributed by atoms with E-state index >= 15 is 0 Å². The van der Waals surface area contributed by atoms with E-state index in [1.165, 1.54) is 14.0 Å². The number of hydrogen-bond acceptors (Lipinski definition) is 7. The first-order valence-electron chi connectivity index (χ1n) is 9.49. The van der Waals surface area contributed by atoms with Gasteiger partial charge in [-0.2, -0.15) is 10.0 Å². The average molecular weight is 419 g/mol. The maximum Gasteiger partial charge on any atom is 0.435 e. The summed E-state index contributed by atoms with van der Waals surface area (Å²) < 4.78 is 16.0. The Balaban J connectivity index is 2.71. The smallest absolute Gasteiger partial charge is 0.435 e. The highest BCUT2D eigenvalue weighted by molar-refractivity contribution is 6.02. The Labute approximate surface area is 176 Å². The Morgan fingerprint density at radius 2 is 1.40 bits per heavy atom. The number of hydrogen-bond donors (Lipinski definition) is 0. The molecule has 0 saturated heterocycles. The number of rotatable bonds is 2. The molecule has 2 amide bonds. The summed E-state index contributed by atoms with van der Waals surface area (Å²) in [7, 11) is 1.18. The fourth-order valence-electron chi connectivity index (χ4n) is 2.91. The summed E-state index contributed by atoms with van der Waals surface area (Å²) in [6.45, 7) is 11.6. The lowest BCUT2D eigenvalue weighted by molar-refractivity contribution is -0.161. The van der Waals surface area contributed by atoms with Gasteiger partial charge >= 0.3 is 18.2 Å². The molecule has 0 saturated carbocycles. The van der Waals surface area contributed by atoms with Gasteiger partial charge in [-0.05, 0) is 48.5 Å². The molecule has 0 unspecified atom stereocenters. The number of esters is 1. The molecular weight excluding hydrogens is 390 g/mol. The van der Waals surface area contributed by atoms with Gasteiger partial charge in [-0.15, -0.1) is 0 Å². The van der Waals surface area contributed by atoms with Crippen molar-refractivity contribution in [2.45, 2.75) is 65.3 Å². The van der Waals surface area contributed by atoms with Gasteiger partial charge in [0.25, 0.3) is 5.66 Å². The molecule has 0 aliphatic carbocycles. The third-order valence-corrected chi connectivity index (χ3v) is 3.92. The molecule has 9 heteroatoms. The number of hydrazine groups is 1. The van der Waals surface area contributed by atoms with Crippen molar-refractivity contribution in [1.29, 1.82) is 0 Å². The van der Waals surface area contributed by atoms with Crippen molar-refractivity contribution >= 4 is 24.0 Å². The van der Waals surface area contributed by atoms with Crippen LogP contribution in [0.4, 0.5) is 9.59 Å². The average Bonchev–Trinajstić information content (AvgIpc) is 2.93. The van der Waals surface area contributed by atoms with Crippen molar-refractivity contribution in [3.05, 3.63) is 35.9 Å². The summed E-state index contributed by atoms with van der Waals surface area (Å²) in [5.41, 5.74) is -3.40. The van der Waals surface area contributed by atoms with Crippen molar-refractivity contribution in [3.63, 3.8) is 0 Å². The van der Waals surface area contributed by atoms with Gasteiger partial charge in [-0.25, -0.2) is 19.4 Å². The van der Waals surface area contributed by atoms with Gasteiger partial charge in [0.1, 0.15) is 17.0 Å². The Morgan fingerprint density at radius 3 is 1.87 bits per heavy atom. The second kappa shape index (κ2) is 7.97. The number of carbonyl (C=O) groups is 3. The second-order valence-corrected chi connectivity index (χ2v) is 8.77. The maximum atomic E-state index is 13.3. The number of carbonyl (C=O) groups excluding carboxylic acids is 3. The predicted octanol–water partition coefficient (Wildman–Crippen LogP) is 3.83. The summed E-state index contributed by atoms with van der Waals surface area (Å²) in [5.74, 6) is -0.783. The van der Waals surface area contributed by atoms with Crippen molar-refractivity contribution in [2.75, 3.05) is 7.11 Å². The predicted molar refractivity (Wildman–Crippen MR) is 109 cm³/mol. The van der Waals surface area contributed by atoms with E-state index < -0.39 is 35.0 Å². The SMILES string of the molecule is COC(=O)[C@]1(c2ccccc2)N=C(C)N(C(=O)OC(C)(C)C)N1C(=O)OC(C)(C)C. The van der Waals surface area contributed by atoms with Gasteiger partial charge in [0, 0.05) is 5.56 Å². The molecule has 1 aliphatic rings. The number of methoxy groups -OCH3 is 1. The molecule has 0 N–H and O–H groups in total. The summed E-state index contributed by atoms with van der Waals surface area (Å²) in [4.78, 5) is 43.7. The largest absolute Gasteiger partial charge is 0.465 e. The summed E-state index contributed by atoms with van der Waals surface area (Å²) in [5, 5.41) is 1.76. The third kappa shape index (κ3) is 4.55. The lowest BCUT2D eigenvalue weighted by atomic mass is 9.99. The van der Waals surface area contributed by atoms with Crippen LogP contribution in [-0.2, 0) is 24.7 Å². The fraction of sp³-hybridized carbons (Fsp3) is 0.524. The number of nitrogens with zero attached hydrogens (tertiary/aromatic N) is 3. The summed E-state index contributed by atoms with van der Waals surface area (Å²) >= 11 is 0. The van der Waals surface area contributed by atoms with E-state index in [-0.39, 0.29) is 5.84 Å². The van der Waals surface area contributed by atoms with Gasteiger partial charge in [-0.1, -0.05) is 30.3 Å². The van der Waals surface area contributed by atoms with E-state index in [0.717, 1.165) is 10.0 Å². The molecule has 1 aromatic carbocycles. The van der Waals surface area contributed by atoms with E-state index in [0.29, 0.717) is 5.56 Å². The van der Waals surface area contributed by atoms with Crippen LogP contribution >= 0.6 is 0 Å². The van der Waals surface area contributed by atoms with Gasteiger partial charge < -0.3 is 14.2 Å². The lowest BCUT2D eigenvalue weighted by Gasteiger charge is -2.38. The molecule has 30 heavy (non-hydrogen) atoms. The Kier molecular flexibility index (Phi) is 6.15. The van der Waals surface area contributed by atoms with Gasteiger partial charge in [0.2, 0.25) is 0 Å². The Hall–Kier alpha value is -3.10. The van der Waals surface area contributed by atoms with Crippen LogP contribution in [0.5, 0.6) is 0 Å². The van der Waals surface area contributed by atoms with E-state index in [1.54, 1.807) is 71.9 Å². The number of ether oxygens (including phenoxy) is 3. The van der Waals surface area contributed by atoms with E-state index in [1.807, 2.05) is 0 Å². The van der Waals surface area contributed by atoms with Crippen LogP contribution in [0.2, 0.25) is 0 Å². The van der Waals surface area contributed by atoms with Crippen LogP contribution in [0.3, 0.4) is 0 Å². The molecule has 2 rings (SSSR count). The highest BCUT2D eigenvalue weighted by atomic mass is 16.6. The standard InChI is InChI=1S/C21H29N3O6/c1-14-22-21(16(25)28-8,15-12-10-9-11-13-15)24(18(27)30-20(5,6)7)23(14)17(26)29-19(2,3)4/h9-13H,1-8H3/t21-/m1/s1. The van der Waals surface area contributed by atoms with Crippen LogP contribution in [-0.4, -0.2) is 52.3 Å². The maximum absolute atomic E-state index is 13.3. The van der Waals surface area contributed by atoms with Gasteiger partial charge in [0.15, 0.2) is 0 Å². The quantitative estimate of drug-likeness (QED) is 0.534. The van der Waals surface area contributed by atoms with E-state index in [4.69, 9.17) is 14.2 Å². The minimum absolute atomic E-state index is 0.0735. The lowest BCUT2D eigenvalue weighted by Crippen LogP contribution is -2.60. The third-order valence-electron chi connectivity index (χ3n) is 3.92. The zero-order chi connectivity index (χ0) is 22.9. The van der Waals surface area contributed by atoms with Crippen LogP contribution in [0.1, 0.15) is 54.0 Å². The molecule has 164 valence electrons. The molecular formula is C21H29N3O6. The highest BCUT2D eigenvalue weighted by Crippen LogP contribution is 2.40. The monoisotopic (exact) mass is 419 g/mol.